The largest absolute Gasteiger partial charge is 0.495 e. The molecule has 2 aromatic heterocycles. The predicted molar refractivity (Wildman–Crippen MR) is 141 cm³/mol. The maximum absolute atomic E-state index is 14.1. The minimum absolute atomic E-state index is 0.0631. The van der Waals surface area contributed by atoms with Crippen LogP contribution in [0.3, 0.4) is 0 Å². The third-order valence-corrected chi connectivity index (χ3v) is 9.38. The number of carbonyl (C=O) groups is 1. The van der Waals surface area contributed by atoms with Gasteiger partial charge in [0.2, 0.25) is 15.9 Å². The molecule has 0 N–H and O–H groups in total. The molecule has 38 heavy (non-hydrogen) atoms. The zero-order valence-corrected chi connectivity index (χ0v) is 22.3. The van der Waals surface area contributed by atoms with Crippen molar-refractivity contribution in [3.8, 4) is 11.5 Å². The first-order chi connectivity index (χ1) is 18.3. The first-order valence-corrected chi connectivity index (χ1v) is 14.1. The van der Waals surface area contributed by atoms with Crippen LogP contribution in [0.15, 0.2) is 65.8 Å². The SMILES string of the molecule is COc1ccc(OC)c2sc(N(Cc3cccnc3)C(=O)C3CCCN3S(=O)(=O)c3ccc(F)cc3)nc12. The Hall–Kier alpha value is -3.61. The number of thiazole rings is 1. The van der Waals surface area contributed by atoms with Crippen LogP contribution in [0.1, 0.15) is 18.4 Å². The molecule has 0 bridgehead atoms. The highest BCUT2D eigenvalue weighted by Gasteiger charge is 2.42. The van der Waals surface area contributed by atoms with E-state index in [1.165, 1.54) is 39.8 Å². The second-order valence-corrected chi connectivity index (χ2v) is 11.5. The number of hydrogen-bond acceptors (Lipinski definition) is 8. The number of methoxy groups -OCH3 is 2. The van der Waals surface area contributed by atoms with E-state index >= 15 is 0 Å². The molecule has 12 heteroatoms. The number of ether oxygens (including phenoxy) is 2. The maximum atomic E-state index is 14.1. The quantitative estimate of drug-likeness (QED) is 0.320. The zero-order valence-electron chi connectivity index (χ0n) is 20.7. The van der Waals surface area contributed by atoms with Crippen molar-refractivity contribution < 1.29 is 27.1 Å². The molecule has 4 aromatic rings. The van der Waals surface area contributed by atoms with Gasteiger partial charge in [-0.3, -0.25) is 14.7 Å². The average molecular weight is 557 g/mol. The molecular weight excluding hydrogens is 531 g/mol. The smallest absolute Gasteiger partial charge is 0.247 e. The van der Waals surface area contributed by atoms with Gasteiger partial charge in [0.25, 0.3) is 0 Å². The third kappa shape index (κ3) is 4.82. The van der Waals surface area contributed by atoms with E-state index in [4.69, 9.17) is 14.5 Å². The first kappa shape index (κ1) is 26.0. The summed E-state index contributed by atoms with van der Waals surface area (Å²) in [7, 11) is -0.946. The van der Waals surface area contributed by atoms with Crippen molar-refractivity contribution in [1.82, 2.24) is 14.3 Å². The van der Waals surface area contributed by atoms with Gasteiger partial charge in [-0.25, -0.2) is 17.8 Å². The number of hydrogen-bond donors (Lipinski definition) is 0. The molecule has 0 aliphatic carbocycles. The molecule has 0 spiro atoms. The Bertz CT molecular complexity index is 1520. The fourth-order valence-electron chi connectivity index (χ4n) is 4.50. The molecule has 1 aliphatic heterocycles. The Kier molecular flexibility index (Phi) is 7.28. The summed E-state index contributed by atoms with van der Waals surface area (Å²) < 4.78 is 53.3. The summed E-state index contributed by atoms with van der Waals surface area (Å²) in [5.74, 6) is 0.162. The first-order valence-electron chi connectivity index (χ1n) is 11.8. The number of carbonyl (C=O) groups excluding carboxylic acids is 1. The van der Waals surface area contributed by atoms with E-state index < -0.39 is 27.8 Å². The van der Waals surface area contributed by atoms with Crippen LogP contribution in [-0.2, 0) is 21.4 Å². The molecule has 1 amide bonds. The Labute approximate surface area is 223 Å². The Morgan fingerprint density at radius 1 is 1.13 bits per heavy atom. The van der Waals surface area contributed by atoms with E-state index in [9.17, 15) is 17.6 Å². The maximum Gasteiger partial charge on any atom is 0.247 e. The lowest BCUT2D eigenvalue weighted by Gasteiger charge is -2.28. The normalized spacial score (nSPS) is 16.0. The highest BCUT2D eigenvalue weighted by Crippen LogP contribution is 2.41. The molecule has 2 aromatic carbocycles. The van der Waals surface area contributed by atoms with Crippen molar-refractivity contribution >= 4 is 42.6 Å². The summed E-state index contributed by atoms with van der Waals surface area (Å²) in [6, 6.07) is 10.8. The summed E-state index contributed by atoms with van der Waals surface area (Å²) in [4.78, 5) is 24.4. The molecular formula is C26H25FN4O5S2. The summed E-state index contributed by atoms with van der Waals surface area (Å²) in [5, 5.41) is 0.377. The van der Waals surface area contributed by atoms with Crippen LogP contribution in [-0.4, -0.2) is 55.4 Å². The van der Waals surface area contributed by atoms with Crippen molar-refractivity contribution in [2.45, 2.75) is 30.3 Å². The monoisotopic (exact) mass is 556 g/mol. The molecule has 1 atom stereocenters. The van der Waals surface area contributed by atoms with E-state index in [1.807, 2.05) is 6.07 Å². The van der Waals surface area contributed by atoms with Gasteiger partial charge in [-0.1, -0.05) is 17.4 Å². The summed E-state index contributed by atoms with van der Waals surface area (Å²) in [5.41, 5.74) is 1.29. The van der Waals surface area contributed by atoms with Crippen LogP contribution in [0.4, 0.5) is 9.52 Å². The van der Waals surface area contributed by atoms with Gasteiger partial charge in [0.05, 0.1) is 25.7 Å². The zero-order chi connectivity index (χ0) is 26.9. The lowest BCUT2D eigenvalue weighted by Crippen LogP contribution is -2.47. The van der Waals surface area contributed by atoms with Crippen molar-refractivity contribution in [2.24, 2.45) is 0 Å². The summed E-state index contributed by atoms with van der Waals surface area (Å²) in [6.07, 6.45) is 4.15. The molecule has 5 rings (SSSR count). The van der Waals surface area contributed by atoms with E-state index in [1.54, 1.807) is 37.7 Å². The number of fused-ring (bicyclic) bond motifs is 1. The van der Waals surface area contributed by atoms with Gasteiger partial charge in [0, 0.05) is 18.9 Å². The number of rotatable bonds is 8. The fraction of sp³-hybridized carbons (Fsp3) is 0.269. The van der Waals surface area contributed by atoms with Crippen LogP contribution in [0.25, 0.3) is 10.2 Å². The Morgan fingerprint density at radius 3 is 2.55 bits per heavy atom. The Morgan fingerprint density at radius 2 is 1.87 bits per heavy atom. The van der Waals surface area contributed by atoms with Crippen LogP contribution < -0.4 is 14.4 Å². The number of amides is 1. The van der Waals surface area contributed by atoms with Gasteiger partial charge < -0.3 is 9.47 Å². The molecule has 3 heterocycles. The van der Waals surface area contributed by atoms with Gasteiger partial charge in [-0.15, -0.1) is 0 Å². The molecule has 1 saturated heterocycles. The average Bonchev–Trinajstić information content (AvgIpc) is 3.60. The second-order valence-electron chi connectivity index (χ2n) is 8.66. The molecule has 1 aliphatic rings. The number of anilines is 1. The second kappa shape index (κ2) is 10.6. The van der Waals surface area contributed by atoms with Crippen LogP contribution in [0.5, 0.6) is 11.5 Å². The minimum atomic E-state index is -4.03. The number of nitrogens with zero attached hydrogens (tertiary/aromatic N) is 4. The van der Waals surface area contributed by atoms with E-state index in [-0.39, 0.29) is 18.0 Å². The van der Waals surface area contributed by atoms with E-state index in [0.717, 1.165) is 17.7 Å². The predicted octanol–water partition coefficient (Wildman–Crippen LogP) is 4.23. The molecule has 9 nitrogen and oxygen atoms in total. The van der Waals surface area contributed by atoms with Crippen molar-refractivity contribution in [2.75, 3.05) is 25.7 Å². The van der Waals surface area contributed by atoms with Gasteiger partial charge in [-0.2, -0.15) is 4.31 Å². The molecule has 1 unspecified atom stereocenters. The summed E-state index contributed by atoms with van der Waals surface area (Å²) >= 11 is 1.26. The van der Waals surface area contributed by atoms with Gasteiger partial charge >= 0.3 is 0 Å². The molecule has 1 fully saturated rings. The van der Waals surface area contributed by atoms with Crippen LogP contribution in [0.2, 0.25) is 0 Å². The van der Waals surface area contributed by atoms with Crippen LogP contribution in [0, 0.1) is 5.82 Å². The summed E-state index contributed by atoms with van der Waals surface area (Å²) in [6.45, 7) is 0.316. The minimum Gasteiger partial charge on any atom is -0.495 e. The highest BCUT2D eigenvalue weighted by atomic mass is 32.2. The number of aromatic nitrogens is 2. The van der Waals surface area contributed by atoms with Gasteiger partial charge in [0.15, 0.2) is 5.13 Å². The third-order valence-electron chi connectivity index (χ3n) is 6.37. The molecule has 0 radical (unpaired) electrons. The van der Waals surface area contributed by atoms with Crippen molar-refractivity contribution in [1.29, 1.82) is 0 Å². The van der Waals surface area contributed by atoms with Crippen LogP contribution >= 0.6 is 11.3 Å². The fourth-order valence-corrected chi connectivity index (χ4v) is 7.23. The number of benzene rings is 2. The molecule has 0 saturated carbocycles. The molecule has 198 valence electrons. The number of pyridine rings is 1. The van der Waals surface area contributed by atoms with E-state index in [2.05, 4.69) is 4.98 Å². The van der Waals surface area contributed by atoms with Crippen molar-refractivity contribution in [3.63, 3.8) is 0 Å². The lowest BCUT2D eigenvalue weighted by molar-refractivity contribution is -0.121. The number of halogens is 1. The topological polar surface area (TPSA) is 102 Å². The van der Waals surface area contributed by atoms with E-state index in [0.29, 0.717) is 39.7 Å². The highest BCUT2D eigenvalue weighted by molar-refractivity contribution is 7.89. The standard InChI is InChI=1S/C26H25FN4O5S2/c1-35-21-11-12-22(36-2)24-23(21)29-26(37-24)30(16-17-5-3-13-28-15-17)25(32)20-6-4-14-31(20)38(33,34)19-9-7-18(27)8-10-19/h3,5,7-13,15,20H,4,6,14,16H2,1-2H3. The van der Waals surface area contributed by atoms with Gasteiger partial charge in [0.1, 0.15) is 33.6 Å². The number of sulfonamides is 1. The Balaban J connectivity index is 1.56. The lowest BCUT2D eigenvalue weighted by atomic mass is 10.2. The van der Waals surface area contributed by atoms with Crippen molar-refractivity contribution in [3.05, 3.63) is 72.3 Å². The van der Waals surface area contributed by atoms with Gasteiger partial charge in [-0.05, 0) is 60.9 Å².